The van der Waals surface area contributed by atoms with Crippen LogP contribution in [0.1, 0.15) is 32.8 Å². The van der Waals surface area contributed by atoms with Gasteiger partial charge in [0.15, 0.2) is 6.10 Å². The van der Waals surface area contributed by atoms with E-state index in [4.69, 9.17) is 4.84 Å². The summed E-state index contributed by atoms with van der Waals surface area (Å²) < 4.78 is 13.2. The van der Waals surface area contributed by atoms with Crippen LogP contribution in [-0.2, 0) is 11.4 Å². The van der Waals surface area contributed by atoms with Gasteiger partial charge >= 0.3 is 0 Å². The zero-order valence-corrected chi connectivity index (χ0v) is 16.9. The molecule has 0 radical (unpaired) electrons. The van der Waals surface area contributed by atoms with Crippen LogP contribution in [0.3, 0.4) is 0 Å². The molecule has 0 spiro atoms. The topological polar surface area (TPSA) is 41.9 Å². The molecule has 0 N–H and O–H groups in total. The predicted molar refractivity (Wildman–Crippen MR) is 113 cm³/mol. The molecule has 1 aliphatic heterocycles. The fourth-order valence-electron chi connectivity index (χ4n) is 3.27. The molecule has 148 valence electrons. The number of oxime groups is 1. The van der Waals surface area contributed by atoms with Crippen LogP contribution in [0, 0.1) is 12.7 Å². The van der Waals surface area contributed by atoms with Crippen molar-refractivity contribution in [3.63, 3.8) is 0 Å². The SMILES string of the molecule is Cc1ccc(C2=NO[C@@H](CN(Cc3ccc(F)cc3)C(=O)c3cccs3)C2)cc1. The molecule has 0 aliphatic carbocycles. The fourth-order valence-corrected chi connectivity index (χ4v) is 3.96. The summed E-state index contributed by atoms with van der Waals surface area (Å²) in [6.45, 7) is 2.84. The van der Waals surface area contributed by atoms with Crippen LogP contribution in [0.15, 0.2) is 71.2 Å². The summed E-state index contributed by atoms with van der Waals surface area (Å²) in [5.41, 5.74) is 3.99. The van der Waals surface area contributed by atoms with E-state index < -0.39 is 0 Å². The van der Waals surface area contributed by atoms with Gasteiger partial charge in [0, 0.05) is 13.0 Å². The van der Waals surface area contributed by atoms with E-state index in [2.05, 4.69) is 5.16 Å². The first-order valence-corrected chi connectivity index (χ1v) is 10.3. The van der Waals surface area contributed by atoms with Gasteiger partial charge in [-0.2, -0.15) is 0 Å². The van der Waals surface area contributed by atoms with Crippen LogP contribution in [0.2, 0.25) is 0 Å². The van der Waals surface area contributed by atoms with Gasteiger partial charge in [-0.3, -0.25) is 4.79 Å². The zero-order chi connectivity index (χ0) is 20.2. The van der Waals surface area contributed by atoms with Crippen LogP contribution >= 0.6 is 11.3 Å². The van der Waals surface area contributed by atoms with Crippen molar-refractivity contribution in [3.05, 3.63) is 93.4 Å². The Kier molecular flexibility index (Phi) is 5.71. The number of benzene rings is 2. The summed E-state index contributed by atoms with van der Waals surface area (Å²) in [5.74, 6) is -0.350. The third kappa shape index (κ3) is 4.71. The van der Waals surface area contributed by atoms with Gasteiger partial charge in [-0.05, 0) is 41.6 Å². The summed E-state index contributed by atoms with van der Waals surface area (Å²) in [5, 5.41) is 6.13. The third-order valence-electron chi connectivity index (χ3n) is 4.85. The fraction of sp³-hybridized carbons (Fsp3) is 0.217. The highest BCUT2D eigenvalue weighted by Crippen LogP contribution is 2.21. The molecule has 1 amide bonds. The molecule has 29 heavy (non-hydrogen) atoms. The Morgan fingerprint density at radius 3 is 2.62 bits per heavy atom. The van der Waals surface area contributed by atoms with E-state index in [9.17, 15) is 9.18 Å². The van der Waals surface area contributed by atoms with E-state index in [1.54, 1.807) is 17.0 Å². The quantitative estimate of drug-likeness (QED) is 0.574. The Balaban J connectivity index is 1.47. The zero-order valence-electron chi connectivity index (χ0n) is 16.0. The number of hydrogen-bond donors (Lipinski definition) is 0. The Morgan fingerprint density at radius 2 is 1.93 bits per heavy atom. The smallest absolute Gasteiger partial charge is 0.264 e. The average molecular weight is 408 g/mol. The summed E-state index contributed by atoms with van der Waals surface area (Å²) in [4.78, 5) is 21.1. The van der Waals surface area contributed by atoms with Crippen molar-refractivity contribution in [2.24, 2.45) is 5.16 Å². The maximum Gasteiger partial charge on any atom is 0.264 e. The number of nitrogens with zero attached hydrogens (tertiary/aromatic N) is 2. The first-order chi connectivity index (χ1) is 14.1. The van der Waals surface area contributed by atoms with Crippen LogP contribution in [0.5, 0.6) is 0 Å². The molecule has 0 saturated heterocycles. The summed E-state index contributed by atoms with van der Waals surface area (Å²) >= 11 is 1.41. The summed E-state index contributed by atoms with van der Waals surface area (Å²) in [6.07, 6.45) is 0.427. The van der Waals surface area contributed by atoms with E-state index in [0.717, 1.165) is 16.8 Å². The number of halogens is 1. The Hall–Kier alpha value is -2.99. The second kappa shape index (κ2) is 8.57. The lowest BCUT2D eigenvalue weighted by atomic mass is 10.0. The van der Waals surface area contributed by atoms with E-state index in [-0.39, 0.29) is 17.8 Å². The van der Waals surface area contributed by atoms with Crippen LogP contribution in [0.4, 0.5) is 4.39 Å². The number of aryl methyl sites for hydroxylation is 1. The molecule has 0 unspecified atom stereocenters. The normalized spacial score (nSPS) is 15.7. The standard InChI is InChI=1S/C23H21FN2O2S/c1-16-4-8-18(9-5-16)21-13-20(28-25-21)15-26(23(27)22-3-2-12-29-22)14-17-6-10-19(24)11-7-17/h2-12,20H,13-15H2,1H3/t20-/m1/s1. The Bertz CT molecular complexity index is 998. The van der Waals surface area contributed by atoms with Gasteiger partial charge in [-0.15, -0.1) is 11.3 Å². The van der Waals surface area contributed by atoms with Crippen molar-refractivity contribution in [2.75, 3.05) is 6.54 Å². The van der Waals surface area contributed by atoms with Crippen molar-refractivity contribution in [1.29, 1.82) is 0 Å². The molecule has 0 saturated carbocycles. The third-order valence-corrected chi connectivity index (χ3v) is 5.71. The minimum Gasteiger partial charge on any atom is -0.390 e. The number of rotatable bonds is 6. The van der Waals surface area contributed by atoms with Gasteiger partial charge in [0.2, 0.25) is 0 Å². The van der Waals surface area contributed by atoms with Crippen molar-refractivity contribution in [3.8, 4) is 0 Å². The van der Waals surface area contributed by atoms with Crippen molar-refractivity contribution in [2.45, 2.75) is 26.0 Å². The number of carbonyl (C=O) groups excluding carboxylic acids is 1. The highest BCUT2D eigenvalue weighted by molar-refractivity contribution is 7.12. The lowest BCUT2D eigenvalue weighted by Crippen LogP contribution is -2.37. The van der Waals surface area contributed by atoms with Crippen molar-refractivity contribution >= 4 is 23.0 Å². The van der Waals surface area contributed by atoms with Gasteiger partial charge in [0.1, 0.15) is 5.82 Å². The number of amides is 1. The van der Waals surface area contributed by atoms with Crippen molar-refractivity contribution < 1.29 is 14.0 Å². The minimum atomic E-state index is -0.292. The predicted octanol–water partition coefficient (Wildman–Crippen LogP) is 5.03. The van der Waals surface area contributed by atoms with Crippen LogP contribution in [-0.4, -0.2) is 29.2 Å². The minimum absolute atomic E-state index is 0.0586. The van der Waals surface area contributed by atoms with Gasteiger partial charge in [-0.25, -0.2) is 4.39 Å². The van der Waals surface area contributed by atoms with Gasteiger partial charge in [0.25, 0.3) is 5.91 Å². The first-order valence-electron chi connectivity index (χ1n) is 9.45. The Labute approximate surface area is 173 Å². The number of carbonyl (C=O) groups is 1. The van der Waals surface area contributed by atoms with Crippen molar-refractivity contribution in [1.82, 2.24) is 4.90 Å². The monoisotopic (exact) mass is 408 g/mol. The van der Waals surface area contributed by atoms with Gasteiger partial charge < -0.3 is 9.74 Å². The molecule has 0 bridgehead atoms. The van der Waals surface area contributed by atoms with E-state index >= 15 is 0 Å². The lowest BCUT2D eigenvalue weighted by Gasteiger charge is -2.24. The van der Waals surface area contributed by atoms with Crippen LogP contribution in [0.25, 0.3) is 0 Å². The number of hydrogen-bond acceptors (Lipinski definition) is 4. The Morgan fingerprint density at radius 1 is 1.17 bits per heavy atom. The molecule has 4 rings (SSSR count). The molecule has 0 fully saturated rings. The lowest BCUT2D eigenvalue weighted by molar-refractivity contribution is 0.0408. The van der Waals surface area contributed by atoms with E-state index in [0.29, 0.717) is 24.4 Å². The summed E-state index contributed by atoms with van der Waals surface area (Å²) in [6, 6.07) is 18.1. The molecule has 3 aromatic rings. The molecule has 1 aromatic heterocycles. The molecular weight excluding hydrogens is 387 g/mol. The largest absolute Gasteiger partial charge is 0.390 e. The van der Waals surface area contributed by atoms with E-state index in [1.807, 2.05) is 48.7 Å². The molecule has 2 heterocycles. The number of thiophene rings is 1. The maximum absolute atomic E-state index is 13.2. The van der Waals surface area contributed by atoms with Gasteiger partial charge in [0.05, 0.1) is 17.1 Å². The molecule has 2 aromatic carbocycles. The second-order valence-corrected chi connectivity index (χ2v) is 8.07. The molecule has 1 atom stereocenters. The molecule has 6 heteroatoms. The second-order valence-electron chi connectivity index (χ2n) is 7.12. The average Bonchev–Trinajstić information content (AvgIpc) is 3.41. The molecule has 4 nitrogen and oxygen atoms in total. The summed E-state index contributed by atoms with van der Waals surface area (Å²) in [7, 11) is 0. The maximum atomic E-state index is 13.2. The van der Waals surface area contributed by atoms with Crippen LogP contribution < -0.4 is 0 Å². The molecular formula is C23H21FN2O2S. The first kappa shape index (κ1) is 19.3. The highest BCUT2D eigenvalue weighted by Gasteiger charge is 2.27. The van der Waals surface area contributed by atoms with Gasteiger partial charge in [-0.1, -0.05) is 53.2 Å². The highest BCUT2D eigenvalue weighted by atomic mass is 32.1. The van der Waals surface area contributed by atoms with E-state index in [1.165, 1.54) is 29.0 Å². The molecule has 1 aliphatic rings.